The topological polar surface area (TPSA) is 217 Å². The van der Waals surface area contributed by atoms with Crippen LogP contribution in [0.3, 0.4) is 0 Å². The molecule has 0 saturated carbocycles. The lowest BCUT2D eigenvalue weighted by Gasteiger charge is -2.38. The summed E-state index contributed by atoms with van der Waals surface area (Å²) in [6.45, 7) is 10.4. The first-order valence-electron chi connectivity index (χ1n) is 17.8. The lowest BCUT2D eigenvalue weighted by Crippen LogP contribution is -2.59. The molecule has 16 heteroatoms. The average molecular weight is 784 g/mol. The van der Waals surface area contributed by atoms with Gasteiger partial charge in [-0.1, -0.05) is 102 Å². The first-order valence-corrected chi connectivity index (χ1v) is 19.3. The van der Waals surface area contributed by atoms with Crippen LogP contribution < -0.4 is 16.0 Å². The Balaban J connectivity index is 2.12. The number of methoxy groups -OCH3 is 1. The number of hydrogen-bond acceptors (Lipinski definition) is 8. The smallest absolute Gasteiger partial charge is 0.465 e. The minimum absolute atomic E-state index is 0.0266. The van der Waals surface area contributed by atoms with Crippen LogP contribution in [-0.4, -0.2) is 93.2 Å². The van der Waals surface area contributed by atoms with Crippen molar-refractivity contribution in [2.75, 3.05) is 14.2 Å². The molecule has 0 radical (unpaired) electrons. The number of phosphoric acid groups is 1. The maximum Gasteiger partial charge on any atom is 0.469 e. The van der Waals surface area contributed by atoms with Gasteiger partial charge in [-0.05, 0) is 53.4 Å². The molecule has 6 N–H and O–H groups in total. The summed E-state index contributed by atoms with van der Waals surface area (Å²) in [5.41, 5.74) is 1.34. The Kier molecular flexibility index (Phi) is 15.5. The molecule has 4 amide bonds. The summed E-state index contributed by atoms with van der Waals surface area (Å²) in [5.74, 6) is -1.30. The van der Waals surface area contributed by atoms with Crippen LogP contribution in [0.1, 0.15) is 59.1 Å². The first kappa shape index (κ1) is 44.6. The van der Waals surface area contributed by atoms with Crippen LogP contribution in [0.5, 0.6) is 0 Å². The Morgan fingerprint density at radius 1 is 0.800 bits per heavy atom. The Morgan fingerprint density at radius 2 is 1.40 bits per heavy atom. The highest BCUT2D eigenvalue weighted by atomic mass is 31.2. The fourth-order valence-corrected chi connectivity index (χ4v) is 6.95. The zero-order valence-electron chi connectivity index (χ0n) is 32.6. The third kappa shape index (κ3) is 14.1. The highest BCUT2D eigenvalue weighted by molar-refractivity contribution is 7.46. The minimum atomic E-state index is -5.25. The van der Waals surface area contributed by atoms with Crippen LogP contribution in [0.25, 0.3) is 11.3 Å². The normalized spacial score (nSPS) is 14.7. The van der Waals surface area contributed by atoms with E-state index in [4.69, 9.17) is 9.26 Å². The van der Waals surface area contributed by atoms with Gasteiger partial charge in [0.15, 0.2) is 0 Å². The highest BCUT2D eigenvalue weighted by Crippen LogP contribution is 2.40. The maximum atomic E-state index is 14.0. The van der Waals surface area contributed by atoms with Gasteiger partial charge in [-0.15, -0.1) is 0 Å². The molecule has 3 rings (SSSR count). The maximum absolute atomic E-state index is 14.0. The Morgan fingerprint density at radius 3 is 1.91 bits per heavy atom. The van der Waals surface area contributed by atoms with Gasteiger partial charge in [-0.25, -0.2) is 14.2 Å². The summed E-state index contributed by atoms with van der Waals surface area (Å²) in [6, 6.07) is 17.5. The molecule has 3 aromatic rings. The van der Waals surface area contributed by atoms with Gasteiger partial charge in [-0.2, -0.15) is 0 Å². The summed E-state index contributed by atoms with van der Waals surface area (Å²) in [7, 11) is -2.80. The van der Waals surface area contributed by atoms with Crippen molar-refractivity contribution in [3.8, 4) is 11.3 Å². The molecule has 0 fully saturated rings. The van der Waals surface area contributed by atoms with Gasteiger partial charge in [0.25, 0.3) is 0 Å². The van der Waals surface area contributed by atoms with Crippen LogP contribution in [-0.2, 0) is 36.3 Å². The van der Waals surface area contributed by atoms with Crippen molar-refractivity contribution < 1.29 is 47.9 Å². The molecule has 0 aliphatic carbocycles. The van der Waals surface area contributed by atoms with Crippen LogP contribution in [0.4, 0.5) is 9.59 Å². The van der Waals surface area contributed by atoms with E-state index in [9.17, 15) is 38.6 Å². The number of benzene rings is 2. The average Bonchev–Trinajstić information content (AvgIpc) is 3.09. The number of ether oxygens (including phenoxy) is 1. The third-order valence-corrected chi connectivity index (χ3v) is 9.49. The number of nitrogens with zero attached hydrogens (tertiary/aromatic N) is 2. The number of aromatic nitrogens is 1. The summed E-state index contributed by atoms with van der Waals surface area (Å²) in [4.78, 5) is 78.1. The molecular formula is C39H54N5O10P. The zero-order chi connectivity index (χ0) is 41.1. The number of hydrogen-bond donors (Lipinski definition) is 6. The number of carbonyl (C=O) groups excluding carboxylic acids is 3. The fourth-order valence-electron chi connectivity index (χ4n) is 6.36. The number of carbonyl (C=O) groups is 4. The van der Waals surface area contributed by atoms with Gasteiger partial charge in [0, 0.05) is 24.8 Å². The predicted molar refractivity (Wildman–Crippen MR) is 207 cm³/mol. The molecule has 2 aromatic carbocycles. The summed E-state index contributed by atoms with van der Waals surface area (Å²) >= 11 is 0. The fraction of sp³-hybridized carbons (Fsp3) is 0.462. The van der Waals surface area contributed by atoms with E-state index in [1.165, 1.54) is 14.2 Å². The number of alkyl carbamates (subject to hydrolysis) is 1. The molecule has 15 nitrogen and oxygen atoms in total. The molecule has 0 aliphatic rings. The largest absolute Gasteiger partial charge is 0.469 e. The molecular weight excluding hydrogens is 729 g/mol. The number of carboxylic acid groups (broad SMARTS) is 1. The number of amides is 4. The molecule has 5 atom stereocenters. The van der Waals surface area contributed by atoms with Crippen molar-refractivity contribution in [1.29, 1.82) is 0 Å². The number of rotatable bonds is 16. The lowest BCUT2D eigenvalue weighted by atomic mass is 9.84. The van der Waals surface area contributed by atoms with Crippen molar-refractivity contribution in [3.63, 3.8) is 0 Å². The third-order valence-electron chi connectivity index (χ3n) is 8.94. The van der Waals surface area contributed by atoms with E-state index < -0.39 is 72.9 Å². The van der Waals surface area contributed by atoms with Gasteiger partial charge in [0.05, 0.1) is 24.9 Å². The Bertz CT molecular complexity index is 1780. The molecule has 1 aromatic heterocycles. The second-order valence-corrected chi connectivity index (χ2v) is 16.8. The highest BCUT2D eigenvalue weighted by Gasteiger charge is 2.41. The molecule has 55 heavy (non-hydrogen) atoms. The SMILES string of the molecule is COC(=O)N[C@H](C(=O)N[C@@H](Cc1ccc(-c2ccccn2)cc1)C[C@H](OP(=O)(O)O)[C@H](Cc1ccccc1)NC(=O)[C@@H](N(C)C(=O)O)C(C)(C)C)C(C)(C)C. The van der Waals surface area contributed by atoms with Gasteiger partial charge < -0.3 is 35.6 Å². The van der Waals surface area contributed by atoms with Crippen LogP contribution in [0.2, 0.25) is 0 Å². The van der Waals surface area contributed by atoms with E-state index in [-0.39, 0.29) is 19.3 Å². The molecule has 1 heterocycles. The quantitative estimate of drug-likeness (QED) is 0.104. The minimum Gasteiger partial charge on any atom is -0.465 e. The number of pyridine rings is 1. The van der Waals surface area contributed by atoms with E-state index in [1.54, 1.807) is 78.1 Å². The van der Waals surface area contributed by atoms with Gasteiger partial charge in [0.2, 0.25) is 11.8 Å². The van der Waals surface area contributed by atoms with Crippen molar-refractivity contribution in [1.82, 2.24) is 25.8 Å². The second-order valence-electron chi connectivity index (χ2n) is 15.6. The second kappa shape index (κ2) is 19.2. The van der Waals surface area contributed by atoms with Crippen LogP contribution in [0.15, 0.2) is 79.0 Å². The lowest BCUT2D eigenvalue weighted by molar-refractivity contribution is -0.131. The van der Waals surface area contributed by atoms with Crippen molar-refractivity contribution >= 4 is 31.8 Å². The van der Waals surface area contributed by atoms with Gasteiger partial charge in [0.1, 0.15) is 12.1 Å². The summed E-state index contributed by atoms with van der Waals surface area (Å²) < 4.78 is 22.8. The van der Waals surface area contributed by atoms with E-state index >= 15 is 0 Å². The standard InChI is InChI=1S/C39H54N5O10P/c1-38(2,3)32(43-36(47)53-8)34(45)41-28(22-26-17-19-27(20-18-26)29-16-12-13-21-40-29)24-31(54-55(50,51)52)30(23-25-14-10-9-11-15-25)42-35(46)33(39(4,5)6)44(7)37(48)49/h9-21,28,30-33H,22-24H2,1-8H3,(H,41,45)(H,42,46)(H,43,47)(H,48,49)(H2,50,51,52)/t28-,30-,31-,32+,33+/m0/s1. The predicted octanol–water partition coefficient (Wildman–Crippen LogP) is 5.17. The van der Waals surface area contributed by atoms with Gasteiger partial charge in [-0.3, -0.25) is 24.0 Å². The van der Waals surface area contributed by atoms with E-state index in [1.807, 2.05) is 42.5 Å². The summed E-state index contributed by atoms with van der Waals surface area (Å²) in [5, 5.41) is 18.2. The van der Waals surface area contributed by atoms with Crippen molar-refractivity contribution in [2.24, 2.45) is 10.8 Å². The monoisotopic (exact) mass is 783 g/mol. The molecule has 300 valence electrons. The van der Waals surface area contributed by atoms with Crippen molar-refractivity contribution in [2.45, 2.75) is 91.1 Å². The molecule has 0 saturated heterocycles. The molecule has 0 unspecified atom stereocenters. The van der Waals surface area contributed by atoms with Crippen molar-refractivity contribution in [3.05, 3.63) is 90.1 Å². The number of likely N-dealkylation sites (N-methyl/N-ethyl adjacent to an activating group) is 1. The zero-order valence-corrected chi connectivity index (χ0v) is 33.4. The Hall–Kier alpha value is -4.82. The van der Waals surface area contributed by atoms with E-state index in [2.05, 4.69) is 20.9 Å². The van der Waals surface area contributed by atoms with E-state index in [0.29, 0.717) is 5.56 Å². The van der Waals surface area contributed by atoms with Crippen LogP contribution in [0, 0.1) is 10.8 Å². The molecule has 0 aliphatic heterocycles. The number of phosphoric ester groups is 1. The molecule has 0 bridgehead atoms. The Labute approximate surface area is 322 Å². The number of nitrogens with one attached hydrogen (secondary N) is 3. The van der Waals surface area contributed by atoms with E-state index in [0.717, 1.165) is 21.7 Å². The summed E-state index contributed by atoms with van der Waals surface area (Å²) in [6.07, 6.45) is -1.99. The van der Waals surface area contributed by atoms with Crippen LogP contribution >= 0.6 is 7.82 Å². The first-order chi connectivity index (χ1) is 25.6. The van der Waals surface area contributed by atoms with Gasteiger partial charge >= 0.3 is 20.0 Å². The molecule has 0 spiro atoms.